The topological polar surface area (TPSA) is 149 Å². The summed E-state index contributed by atoms with van der Waals surface area (Å²) in [6.07, 6.45) is 38.3. The van der Waals surface area contributed by atoms with E-state index < -0.39 is 51.8 Å². The molecular formula is C42H77O10P. The summed E-state index contributed by atoms with van der Waals surface area (Å²) in [5.74, 6) is -0.983. The minimum atomic E-state index is -4.63. The fourth-order valence-corrected chi connectivity index (χ4v) is 6.33. The summed E-state index contributed by atoms with van der Waals surface area (Å²) in [4.78, 5) is 34.9. The number of unbranched alkanes of at least 4 members (excludes halogenated alkanes) is 19. The lowest BCUT2D eigenvalue weighted by Crippen LogP contribution is -2.29. The summed E-state index contributed by atoms with van der Waals surface area (Å²) in [7, 11) is -4.63. The maximum absolute atomic E-state index is 12.6. The van der Waals surface area contributed by atoms with Crippen LogP contribution in [0, 0.1) is 0 Å². The van der Waals surface area contributed by atoms with Crippen LogP contribution in [0.3, 0.4) is 0 Å². The van der Waals surface area contributed by atoms with Crippen molar-refractivity contribution in [2.24, 2.45) is 0 Å². The van der Waals surface area contributed by atoms with Crippen LogP contribution >= 0.6 is 7.82 Å². The predicted molar refractivity (Wildman–Crippen MR) is 214 cm³/mol. The molecule has 0 fully saturated rings. The molecule has 0 amide bonds. The van der Waals surface area contributed by atoms with Gasteiger partial charge >= 0.3 is 19.8 Å². The van der Waals surface area contributed by atoms with E-state index in [4.69, 9.17) is 19.1 Å². The number of aliphatic hydroxyl groups excluding tert-OH is 2. The molecule has 0 aromatic carbocycles. The van der Waals surface area contributed by atoms with Crippen LogP contribution in [0.25, 0.3) is 0 Å². The third-order valence-corrected chi connectivity index (χ3v) is 9.75. The van der Waals surface area contributed by atoms with Gasteiger partial charge in [0.2, 0.25) is 0 Å². The molecule has 0 radical (unpaired) electrons. The number of aliphatic hydroxyl groups is 2. The average molecular weight is 773 g/mol. The Hall–Kier alpha value is -1.81. The van der Waals surface area contributed by atoms with E-state index >= 15 is 0 Å². The van der Waals surface area contributed by atoms with Gasteiger partial charge < -0.3 is 24.6 Å². The SMILES string of the molecule is CCCCCCCCC=CCC=CCC=CCCCC(=O)OC(COC(=O)CCCCCCCCCCCCCCC)COP(=O)(O)OCC(O)CO. The molecule has 0 aliphatic rings. The lowest BCUT2D eigenvalue weighted by molar-refractivity contribution is -0.161. The van der Waals surface area contributed by atoms with E-state index in [9.17, 15) is 24.2 Å². The Kier molecular flexibility index (Phi) is 37.2. The highest BCUT2D eigenvalue weighted by molar-refractivity contribution is 7.47. The van der Waals surface area contributed by atoms with Crippen molar-refractivity contribution in [1.29, 1.82) is 0 Å². The molecule has 0 saturated carbocycles. The van der Waals surface area contributed by atoms with Gasteiger partial charge in [-0.25, -0.2) is 4.57 Å². The third kappa shape index (κ3) is 38.3. The summed E-state index contributed by atoms with van der Waals surface area (Å²) in [6.45, 7) is 2.31. The third-order valence-electron chi connectivity index (χ3n) is 8.80. The summed E-state index contributed by atoms with van der Waals surface area (Å²) in [5.41, 5.74) is 0. The second-order valence-corrected chi connectivity index (χ2v) is 15.5. The Morgan fingerprint density at radius 2 is 1.00 bits per heavy atom. The summed E-state index contributed by atoms with van der Waals surface area (Å²) >= 11 is 0. The van der Waals surface area contributed by atoms with Crippen LogP contribution in [0.1, 0.15) is 181 Å². The minimum absolute atomic E-state index is 0.114. The number of carbonyl (C=O) groups is 2. The van der Waals surface area contributed by atoms with E-state index in [0.29, 0.717) is 19.3 Å². The molecule has 3 N–H and O–H groups in total. The zero-order chi connectivity index (χ0) is 39.1. The largest absolute Gasteiger partial charge is 0.472 e. The molecule has 3 atom stereocenters. The van der Waals surface area contributed by atoms with Gasteiger partial charge in [0.1, 0.15) is 12.7 Å². The summed E-state index contributed by atoms with van der Waals surface area (Å²) < 4.78 is 32.6. The van der Waals surface area contributed by atoms with E-state index in [-0.39, 0.29) is 19.4 Å². The minimum Gasteiger partial charge on any atom is -0.462 e. The molecule has 0 bridgehead atoms. The fourth-order valence-electron chi connectivity index (χ4n) is 5.54. The van der Waals surface area contributed by atoms with Crippen LogP contribution in [0.15, 0.2) is 36.5 Å². The highest BCUT2D eigenvalue weighted by Crippen LogP contribution is 2.43. The number of hydrogen-bond donors (Lipinski definition) is 3. The second-order valence-electron chi connectivity index (χ2n) is 14.0. The van der Waals surface area contributed by atoms with Crippen molar-refractivity contribution in [3.63, 3.8) is 0 Å². The van der Waals surface area contributed by atoms with Gasteiger partial charge in [0.25, 0.3) is 0 Å². The van der Waals surface area contributed by atoms with Crippen LogP contribution in [0.5, 0.6) is 0 Å². The Labute approximate surface area is 322 Å². The molecule has 310 valence electrons. The number of rotatable bonds is 39. The standard InChI is InChI=1S/C42H77O10P/c1-3-5-7-9-11-13-15-17-18-19-20-22-24-26-28-30-32-34-42(46)52-40(38-51-53(47,48)50-36-39(44)35-43)37-49-41(45)33-31-29-27-25-23-21-16-14-12-10-8-6-4-2/h17-18,20,22,26,28,39-40,43-44H,3-16,19,21,23-25,27,29-38H2,1-2H3,(H,47,48). The monoisotopic (exact) mass is 773 g/mol. The van der Waals surface area contributed by atoms with E-state index in [0.717, 1.165) is 38.5 Å². The summed E-state index contributed by atoms with van der Waals surface area (Å²) in [6, 6.07) is 0. The Morgan fingerprint density at radius 1 is 0.566 bits per heavy atom. The van der Waals surface area contributed by atoms with Gasteiger partial charge in [0.05, 0.1) is 19.8 Å². The lowest BCUT2D eigenvalue weighted by Gasteiger charge is -2.20. The van der Waals surface area contributed by atoms with E-state index in [2.05, 4.69) is 48.8 Å². The number of phosphoric acid groups is 1. The van der Waals surface area contributed by atoms with E-state index in [1.807, 2.05) is 6.08 Å². The molecule has 11 heteroatoms. The highest BCUT2D eigenvalue weighted by Gasteiger charge is 2.27. The van der Waals surface area contributed by atoms with Crippen molar-refractivity contribution in [2.75, 3.05) is 26.4 Å². The number of esters is 2. The van der Waals surface area contributed by atoms with Crippen molar-refractivity contribution < 1.29 is 47.8 Å². The maximum Gasteiger partial charge on any atom is 0.472 e. The molecule has 0 heterocycles. The van der Waals surface area contributed by atoms with Crippen molar-refractivity contribution in [2.45, 2.75) is 193 Å². The van der Waals surface area contributed by atoms with Gasteiger partial charge in [0.15, 0.2) is 6.10 Å². The molecule has 0 aliphatic carbocycles. The fraction of sp³-hybridized carbons (Fsp3) is 0.810. The molecular weight excluding hydrogens is 695 g/mol. The van der Waals surface area contributed by atoms with Gasteiger partial charge in [-0.3, -0.25) is 18.6 Å². The average Bonchev–Trinajstić information content (AvgIpc) is 3.14. The Balaban J connectivity index is 4.40. The molecule has 0 aromatic heterocycles. The van der Waals surface area contributed by atoms with Crippen LogP contribution < -0.4 is 0 Å². The van der Waals surface area contributed by atoms with E-state index in [1.54, 1.807) is 0 Å². The van der Waals surface area contributed by atoms with Gasteiger partial charge in [-0.15, -0.1) is 0 Å². The van der Waals surface area contributed by atoms with Crippen molar-refractivity contribution in [3.8, 4) is 0 Å². The molecule has 53 heavy (non-hydrogen) atoms. The molecule has 0 aliphatic heterocycles. The second kappa shape index (κ2) is 38.5. The smallest absolute Gasteiger partial charge is 0.462 e. The molecule has 0 saturated heterocycles. The van der Waals surface area contributed by atoms with E-state index in [1.165, 1.54) is 96.3 Å². The first-order chi connectivity index (χ1) is 25.7. The van der Waals surface area contributed by atoms with Gasteiger partial charge in [-0.1, -0.05) is 159 Å². The maximum atomic E-state index is 12.6. The summed E-state index contributed by atoms with van der Waals surface area (Å²) in [5, 5.41) is 18.3. The predicted octanol–water partition coefficient (Wildman–Crippen LogP) is 10.8. The number of carbonyl (C=O) groups excluding carboxylic acids is 2. The van der Waals surface area contributed by atoms with Crippen LogP contribution in [0.4, 0.5) is 0 Å². The van der Waals surface area contributed by atoms with Crippen molar-refractivity contribution >= 4 is 19.8 Å². The first-order valence-corrected chi connectivity index (χ1v) is 22.4. The molecule has 3 unspecified atom stereocenters. The van der Waals surface area contributed by atoms with Crippen molar-refractivity contribution in [1.82, 2.24) is 0 Å². The Bertz CT molecular complexity index is 983. The number of ether oxygens (including phenoxy) is 2. The normalized spacial score (nSPS) is 14.3. The van der Waals surface area contributed by atoms with Gasteiger partial charge in [0, 0.05) is 12.8 Å². The van der Waals surface area contributed by atoms with Gasteiger partial charge in [-0.05, 0) is 44.9 Å². The first kappa shape index (κ1) is 51.2. The number of hydrogen-bond acceptors (Lipinski definition) is 9. The Morgan fingerprint density at radius 3 is 1.53 bits per heavy atom. The molecule has 0 rings (SSSR count). The van der Waals surface area contributed by atoms with Crippen LogP contribution in [-0.4, -0.2) is 65.7 Å². The van der Waals surface area contributed by atoms with Crippen molar-refractivity contribution in [3.05, 3.63) is 36.5 Å². The molecule has 0 aromatic rings. The highest BCUT2D eigenvalue weighted by atomic mass is 31.2. The quantitative estimate of drug-likeness (QED) is 0.0238. The lowest BCUT2D eigenvalue weighted by atomic mass is 10.0. The first-order valence-electron chi connectivity index (χ1n) is 20.9. The zero-order valence-electron chi connectivity index (χ0n) is 33.5. The number of allylic oxidation sites excluding steroid dienone is 6. The van der Waals surface area contributed by atoms with Crippen LogP contribution in [-0.2, 0) is 32.7 Å². The number of phosphoric ester groups is 1. The molecule has 10 nitrogen and oxygen atoms in total. The zero-order valence-corrected chi connectivity index (χ0v) is 34.4. The molecule has 0 spiro atoms. The van der Waals surface area contributed by atoms with Gasteiger partial charge in [-0.2, -0.15) is 0 Å². The van der Waals surface area contributed by atoms with Crippen LogP contribution in [0.2, 0.25) is 0 Å².